The molecule has 0 spiro atoms. The van der Waals surface area contributed by atoms with Crippen LogP contribution in [-0.4, -0.2) is 44.7 Å². The summed E-state index contributed by atoms with van der Waals surface area (Å²) in [4.78, 5) is 24.6. The van der Waals surface area contributed by atoms with Crippen molar-refractivity contribution < 1.29 is 27.1 Å². The van der Waals surface area contributed by atoms with Crippen molar-refractivity contribution in [1.29, 1.82) is 0 Å². The maximum Gasteiger partial charge on any atom is 0.416 e. The zero-order valence-electron chi connectivity index (χ0n) is 22.2. The number of fused-ring (bicyclic) bond motifs is 2. The number of nitrogen functional groups attached to an aromatic ring is 1. The van der Waals surface area contributed by atoms with Gasteiger partial charge in [-0.25, -0.2) is 14.4 Å². The van der Waals surface area contributed by atoms with E-state index in [1.165, 1.54) is 17.8 Å². The number of nitrogens with zero attached hydrogens (tertiary/aromatic N) is 4. The molecule has 6 rings (SSSR count). The van der Waals surface area contributed by atoms with Gasteiger partial charge in [-0.1, -0.05) is 18.2 Å². The van der Waals surface area contributed by atoms with E-state index in [4.69, 9.17) is 15.5 Å². The van der Waals surface area contributed by atoms with E-state index in [0.717, 1.165) is 56.6 Å². The van der Waals surface area contributed by atoms with Gasteiger partial charge < -0.3 is 15.4 Å². The monoisotopic (exact) mass is 565 g/mol. The molecule has 212 valence electrons. The Labute approximate surface area is 233 Å². The Bertz CT molecular complexity index is 1690. The van der Waals surface area contributed by atoms with Gasteiger partial charge in [0.05, 0.1) is 17.7 Å². The number of hydrogen-bond donors (Lipinski definition) is 1. The normalized spacial score (nSPS) is 17.0. The lowest BCUT2D eigenvalue weighted by atomic mass is 9.98. The van der Waals surface area contributed by atoms with Crippen molar-refractivity contribution in [2.24, 2.45) is 0 Å². The predicted molar refractivity (Wildman–Crippen MR) is 145 cm³/mol. The number of halogens is 4. The van der Waals surface area contributed by atoms with Crippen LogP contribution in [0.1, 0.15) is 59.4 Å². The molecule has 1 fully saturated rings. The molecule has 0 unspecified atom stereocenters. The number of alkyl halides is 3. The molecule has 2 aliphatic heterocycles. The van der Waals surface area contributed by atoms with Crippen LogP contribution in [0.5, 0.6) is 5.75 Å². The minimum atomic E-state index is -4.62. The van der Waals surface area contributed by atoms with Crippen molar-refractivity contribution in [3.05, 3.63) is 88.9 Å². The molecule has 0 amide bonds. The average Bonchev–Trinajstić information content (AvgIpc) is 3.57. The van der Waals surface area contributed by atoms with Crippen molar-refractivity contribution in [3.8, 4) is 17.0 Å². The van der Waals surface area contributed by atoms with E-state index < -0.39 is 23.3 Å². The van der Waals surface area contributed by atoms with Crippen molar-refractivity contribution in [1.82, 2.24) is 19.3 Å². The van der Waals surface area contributed by atoms with Gasteiger partial charge in [-0.2, -0.15) is 13.2 Å². The molecule has 11 heteroatoms. The van der Waals surface area contributed by atoms with E-state index >= 15 is 4.39 Å². The Hall–Kier alpha value is -4.41. The molecular weight excluding hydrogens is 538 g/mol. The number of allylic oxidation sites excluding steroid dienone is 2. The second kappa shape index (κ2) is 10.2. The molecule has 7 nitrogen and oxygen atoms in total. The number of benzene rings is 2. The highest BCUT2D eigenvalue weighted by Gasteiger charge is 2.33. The second-order valence-corrected chi connectivity index (χ2v) is 10.2. The highest BCUT2D eigenvalue weighted by molar-refractivity contribution is 6.09. The molecule has 1 saturated heterocycles. The highest BCUT2D eigenvalue weighted by atomic mass is 19.4. The molecule has 1 atom stereocenters. The zero-order valence-corrected chi connectivity index (χ0v) is 22.2. The summed E-state index contributed by atoms with van der Waals surface area (Å²) in [5.74, 6) is -0.665. The van der Waals surface area contributed by atoms with Crippen LogP contribution in [0, 0.1) is 5.82 Å². The van der Waals surface area contributed by atoms with Crippen LogP contribution in [0.4, 0.5) is 23.4 Å². The number of carbonyl (C=O) groups is 1. The maximum absolute atomic E-state index is 16.0. The molecule has 2 aliphatic rings. The van der Waals surface area contributed by atoms with Crippen LogP contribution < -0.4 is 10.5 Å². The van der Waals surface area contributed by atoms with Gasteiger partial charge in [-0.05, 0) is 50.5 Å². The summed E-state index contributed by atoms with van der Waals surface area (Å²) in [6.45, 7) is 3.60. The fourth-order valence-electron chi connectivity index (χ4n) is 5.76. The number of nitrogens with two attached hydrogens (primary N) is 1. The number of imidazole rings is 1. The van der Waals surface area contributed by atoms with Crippen molar-refractivity contribution in [3.63, 3.8) is 0 Å². The minimum Gasteiger partial charge on any atom is -0.493 e. The van der Waals surface area contributed by atoms with Crippen LogP contribution in [-0.2, 0) is 6.18 Å². The van der Waals surface area contributed by atoms with Gasteiger partial charge in [0.25, 0.3) is 0 Å². The van der Waals surface area contributed by atoms with Crippen LogP contribution in [0.3, 0.4) is 0 Å². The highest BCUT2D eigenvalue weighted by Crippen LogP contribution is 2.41. The van der Waals surface area contributed by atoms with Crippen LogP contribution in [0.15, 0.2) is 60.6 Å². The molecule has 2 aromatic heterocycles. The summed E-state index contributed by atoms with van der Waals surface area (Å²) in [6.07, 6.45) is 3.85. The maximum atomic E-state index is 16.0. The molecule has 0 saturated carbocycles. The van der Waals surface area contributed by atoms with Crippen molar-refractivity contribution in [2.75, 3.05) is 25.4 Å². The van der Waals surface area contributed by atoms with Gasteiger partial charge in [0.1, 0.15) is 34.4 Å². The third kappa shape index (κ3) is 4.79. The quantitative estimate of drug-likeness (QED) is 0.220. The molecular formula is C30H27F4N5O2. The number of anilines is 1. The summed E-state index contributed by atoms with van der Waals surface area (Å²) in [5.41, 5.74) is 6.94. The second-order valence-electron chi connectivity index (χ2n) is 10.2. The average molecular weight is 566 g/mol. The molecule has 0 aliphatic carbocycles. The van der Waals surface area contributed by atoms with Gasteiger partial charge >= 0.3 is 6.18 Å². The Balaban J connectivity index is 1.46. The number of carbonyl (C=O) groups excluding carboxylic acids is 1. The predicted octanol–water partition coefficient (Wildman–Crippen LogP) is 6.23. The number of ketones is 1. The Kier molecular flexibility index (Phi) is 6.67. The van der Waals surface area contributed by atoms with E-state index in [9.17, 15) is 18.0 Å². The summed E-state index contributed by atoms with van der Waals surface area (Å²) >= 11 is 0. The SMILES string of the molecule is CCOc1cc(C(=O)c2cccc(C(F)(F)F)c2)cc(F)c1-c1nc([C@@H]2CC=C3CCCN3C2)n2ccnc(N)c12. The van der Waals surface area contributed by atoms with E-state index in [0.29, 0.717) is 11.3 Å². The van der Waals surface area contributed by atoms with Crippen LogP contribution in [0.2, 0.25) is 0 Å². The van der Waals surface area contributed by atoms with Gasteiger partial charge in [-0.3, -0.25) is 9.20 Å². The fourth-order valence-corrected chi connectivity index (χ4v) is 5.76. The Morgan fingerprint density at radius 3 is 2.80 bits per heavy atom. The lowest BCUT2D eigenvalue weighted by molar-refractivity contribution is -0.137. The van der Waals surface area contributed by atoms with E-state index in [2.05, 4.69) is 16.0 Å². The van der Waals surface area contributed by atoms with Gasteiger partial charge in [0.15, 0.2) is 5.78 Å². The minimum absolute atomic E-state index is 0.00380. The summed E-state index contributed by atoms with van der Waals surface area (Å²) in [5, 5.41) is 0. The molecule has 0 radical (unpaired) electrons. The van der Waals surface area contributed by atoms with Crippen LogP contribution in [0.25, 0.3) is 16.8 Å². The summed E-state index contributed by atoms with van der Waals surface area (Å²) < 4.78 is 63.3. The fraction of sp³-hybridized carbons (Fsp3) is 0.300. The number of aromatic nitrogens is 3. The lowest BCUT2D eigenvalue weighted by Crippen LogP contribution is -2.28. The molecule has 41 heavy (non-hydrogen) atoms. The first-order valence-corrected chi connectivity index (χ1v) is 13.4. The largest absolute Gasteiger partial charge is 0.493 e. The van der Waals surface area contributed by atoms with E-state index in [-0.39, 0.29) is 46.5 Å². The van der Waals surface area contributed by atoms with E-state index in [1.807, 2.05) is 4.40 Å². The number of ether oxygens (including phenoxy) is 1. The first-order chi connectivity index (χ1) is 19.7. The number of hydrogen-bond acceptors (Lipinski definition) is 6. The first kappa shape index (κ1) is 26.8. The smallest absolute Gasteiger partial charge is 0.416 e. The van der Waals surface area contributed by atoms with E-state index in [1.54, 1.807) is 19.3 Å². The van der Waals surface area contributed by atoms with Gasteiger partial charge in [0, 0.05) is 48.2 Å². The Morgan fingerprint density at radius 2 is 2.02 bits per heavy atom. The molecule has 2 aromatic carbocycles. The summed E-state index contributed by atoms with van der Waals surface area (Å²) in [7, 11) is 0. The molecule has 4 aromatic rings. The van der Waals surface area contributed by atoms with Crippen LogP contribution >= 0.6 is 0 Å². The molecule has 4 heterocycles. The van der Waals surface area contributed by atoms with Crippen molar-refractivity contribution in [2.45, 2.75) is 38.3 Å². The third-order valence-corrected chi connectivity index (χ3v) is 7.63. The molecule has 2 N–H and O–H groups in total. The standard InChI is InChI=1S/C30H27F4N5O2/c1-2-41-23-15-19(27(40)17-5-3-6-20(13-17)30(32,33)34)14-22(31)24(23)25-26-28(35)36-10-12-39(26)29(37-25)18-8-9-21-7-4-11-38(21)16-18/h3,5-6,9-10,12-15,18H,2,4,7-8,11,16H2,1H3,(H2,35,36)/t18-/m1/s1. The van der Waals surface area contributed by atoms with Gasteiger partial charge in [0.2, 0.25) is 0 Å². The van der Waals surface area contributed by atoms with Gasteiger partial charge in [-0.15, -0.1) is 0 Å². The lowest BCUT2D eigenvalue weighted by Gasteiger charge is -2.29. The third-order valence-electron chi connectivity index (χ3n) is 7.63. The van der Waals surface area contributed by atoms with Crippen molar-refractivity contribution >= 4 is 17.1 Å². The summed E-state index contributed by atoms with van der Waals surface area (Å²) in [6, 6.07) is 6.36. The Morgan fingerprint density at radius 1 is 1.20 bits per heavy atom. The first-order valence-electron chi connectivity index (χ1n) is 13.4. The molecule has 0 bridgehead atoms. The number of rotatable bonds is 6. The zero-order chi connectivity index (χ0) is 28.9. The topological polar surface area (TPSA) is 85.8 Å².